The molecule has 3 heterocycles. The molecular weight excluding hydrogens is 956 g/mol. The Kier molecular flexibility index (Phi) is 11.0. The van der Waals surface area contributed by atoms with Crippen LogP contribution in [0.25, 0.3) is 22.1 Å². The minimum absolute atomic E-state index is 0.0154. The molecule has 410 valence electrons. The monoisotopic (exact) mass is 1050 g/mol. The van der Waals surface area contributed by atoms with Crippen molar-refractivity contribution in [3.05, 3.63) is 147 Å². The van der Waals surface area contributed by atoms with E-state index in [0.717, 1.165) is 37.2 Å². The summed E-state index contributed by atoms with van der Waals surface area (Å²) in [6, 6.07) is 38.1. The van der Waals surface area contributed by atoms with Gasteiger partial charge in [0.05, 0.1) is 5.69 Å². The van der Waals surface area contributed by atoms with E-state index in [0.29, 0.717) is 0 Å². The Morgan fingerprint density at radius 2 is 0.861 bits per heavy atom. The van der Waals surface area contributed by atoms with Crippen LogP contribution < -0.4 is 26.2 Å². The first-order valence-corrected chi connectivity index (χ1v) is 30.6. The third kappa shape index (κ3) is 7.77. The van der Waals surface area contributed by atoms with Crippen LogP contribution in [0, 0.1) is 6.92 Å². The molecule has 13 rings (SSSR count). The maximum Gasteiger partial charge on any atom is 0.257 e. The van der Waals surface area contributed by atoms with Gasteiger partial charge in [0.2, 0.25) is 5.88 Å². The average molecular weight is 1050 g/mol. The van der Waals surface area contributed by atoms with Crippen LogP contribution in [0.1, 0.15) is 239 Å². The summed E-state index contributed by atoms with van der Waals surface area (Å²) in [5.41, 5.74) is 28.6. The molecule has 6 aromatic carbocycles. The van der Waals surface area contributed by atoms with Crippen LogP contribution in [-0.4, -0.2) is 6.71 Å². The fourth-order valence-corrected chi connectivity index (χ4v) is 16.2. The largest absolute Gasteiger partial charge is 0.440 e. The van der Waals surface area contributed by atoms with Gasteiger partial charge < -0.3 is 9.32 Å². The Morgan fingerprint density at radius 3 is 1.41 bits per heavy atom. The standard InChI is InChI=1S/C75H91BN2O/c1-44-35-61-65-62(36-44)78(59-26-22-46(67(2,3)4)38-48(59)45-21-24-50-52(37-45)70(9,10)29-27-68(50,5)6)66-64(49-40-54-57(43-63(49)79-66)75(19,20)34-31-72(54,13)14)76(65)58-41-55-56(74(17,18)33-32-73(55,15)16)42-60(58)77(61)47-23-25-51-53(39-47)71(11,12)30-28-69(51,7)8/h21-26,35-43H,27-34H2,1-20H3. The van der Waals surface area contributed by atoms with Gasteiger partial charge in [-0.05, 0) is 234 Å². The van der Waals surface area contributed by atoms with Crippen LogP contribution >= 0.6 is 0 Å². The number of hydrogen-bond acceptors (Lipinski definition) is 3. The molecule has 4 aliphatic carbocycles. The zero-order valence-electron chi connectivity index (χ0n) is 52.2. The maximum absolute atomic E-state index is 7.85. The Balaban J connectivity index is 1.17. The molecule has 0 radical (unpaired) electrons. The normalized spacial score (nSPS) is 21.7. The van der Waals surface area contributed by atoms with Gasteiger partial charge in [0.25, 0.3) is 6.71 Å². The Hall–Kier alpha value is -5.48. The molecule has 0 bridgehead atoms. The van der Waals surface area contributed by atoms with Gasteiger partial charge in [-0.2, -0.15) is 0 Å². The lowest BCUT2D eigenvalue weighted by Gasteiger charge is -2.47. The first-order chi connectivity index (χ1) is 36.6. The van der Waals surface area contributed by atoms with Crippen LogP contribution in [0.4, 0.5) is 34.3 Å². The molecule has 6 aliphatic rings. The van der Waals surface area contributed by atoms with Crippen molar-refractivity contribution in [2.45, 2.75) is 239 Å². The quantitative estimate of drug-likeness (QED) is 0.164. The number of rotatable bonds is 3. The van der Waals surface area contributed by atoms with Crippen molar-refractivity contribution in [2.75, 3.05) is 9.80 Å². The Morgan fingerprint density at radius 1 is 0.405 bits per heavy atom. The van der Waals surface area contributed by atoms with Crippen molar-refractivity contribution in [1.82, 2.24) is 0 Å². The molecule has 0 saturated carbocycles. The van der Waals surface area contributed by atoms with E-state index in [2.05, 4.69) is 239 Å². The highest BCUT2D eigenvalue weighted by Crippen LogP contribution is 2.56. The molecule has 0 amide bonds. The minimum Gasteiger partial charge on any atom is -0.440 e. The summed E-state index contributed by atoms with van der Waals surface area (Å²) in [6.07, 6.45) is 9.35. The Bertz CT molecular complexity index is 3760. The van der Waals surface area contributed by atoms with Crippen molar-refractivity contribution in [3.63, 3.8) is 0 Å². The van der Waals surface area contributed by atoms with E-state index in [9.17, 15) is 0 Å². The zero-order chi connectivity index (χ0) is 56.5. The lowest BCUT2D eigenvalue weighted by Crippen LogP contribution is -2.61. The third-order valence-corrected chi connectivity index (χ3v) is 22.1. The summed E-state index contributed by atoms with van der Waals surface area (Å²) in [5, 5.41) is 1.26. The van der Waals surface area contributed by atoms with Crippen molar-refractivity contribution in [3.8, 4) is 11.1 Å². The summed E-state index contributed by atoms with van der Waals surface area (Å²) in [5.74, 6) is 0.959. The van der Waals surface area contributed by atoms with E-state index in [1.54, 1.807) is 0 Å². The second-order valence-electron chi connectivity index (χ2n) is 32.5. The van der Waals surface area contributed by atoms with Gasteiger partial charge in [0, 0.05) is 39.2 Å². The molecule has 1 aromatic heterocycles. The molecule has 3 nitrogen and oxygen atoms in total. The van der Waals surface area contributed by atoms with Crippen LogP contribution in [0.3, 0.4) is 0 Å². The summed E-state index contributed by atoms with van der Waals surface area (Å²) < 4.78 is 7.85. The van der Waals surface area contributed by atoms with Crippen LogP contribution in [-0.2, 0) is 48.7 Å². The number of aryl methyl sites for hydroxylation is 1. The predicted octanol–water partition coefficient (Wildman–Crippen LogP) is 19.2. The summed E-state index contributed by atoms with van der Waals surface area (Å²) in [6.45, 7) is 49.0. The van der Waals surface area contributed by atoms with E-state index in [-0.39, 0.29) is 55.4 Å². The van der Waals surface area contributed by atoms with Gasteiger partial charge in [0.1, 0.15) is 5.58 Å². The minimum atomic E-state index is -0.0784. The molecule has 0 atom stereocenters. The fourth-order valence-electron chi connectivity index (χ4n) is 16.2. The summed E-state index contributed by atoms with van der Waals surface area (Å²) in [7, 11) is 0. The van der Waals surface area contributed by atoms with E-state index in [1.165, 1.54) is 143 Å². The SMILES string of the molecule is Cc1cc2c3c(c1)N(c1ccc(C(C)(C)C)cc1-c1ccc4c(c1)C(C)(C)CCC4(C)C)c1oc4cc5c(cc4c1B3c1cc3c(cc1N2c1ccc2c(c1)C(C)(C)CCC2(C)C)C(C)(C)CCC3(C)C)C(C)(C)CCC5(C)C. The van der Waals surface area contributed by atoms with Gasteiger partial charge in [0.15, 0.2) is 0 Å². The fraction of sp³-hybridized carbons (Fsp3) is 0.493. The van der Waals surface area contributed by atoms with Gasteiger partial charge in [-0.15, -0.1) is 0 Å². The highest BCUT2D eigenvalue weighted by molar-refractivity contribution is 7.01. The smallest absolute Gasteiger partial charge is 0.257 e. The average Bonchev–Trinajstić information content (AvgIpc) is 2.94. The zero-order valence-corrected chi connectivity index (χ0v) is 52.2. The van der Waals surface area contributed by atoms with E-state index < -0.39 is 0 Å². The molecule has 2 aliphatic heterocycles. The molecule has 0 N–H and O–H groups in total. The highest BCUT2D eigenvalue weighted by Gasteiger charge is 2.51. The van der Waals surface area contributed by atoms with E-state index >= 15 is 0 Å². The van der Waals surface area contributed by atoms with Crippen molar-refractivity contribution < 1.29 is 4.42 Å². The molecule has 0 unspecified atom stereocenters. The molecule has 79 heavy (non-hydrogen) atoms. The highest BCUT2D eigenvalue weighted by atomic mass is 16.4. The third-order valence-electron chi connectivity index (χ3n) is 22.1. The number of hydrogen-bond donors (Lipinski definition) is 0. The maximum atomic E-state index is 7.85. The number of anilines is 6. The predicted molar refractivity (Wildman–Crippen MR) is 340 cm³/mol. The molecule has 0 saturated heterocycles. The van der Waals surface area contributed by atoms with Gasteiger partial charge in [-0.3, -0.25) is 4.90 Å². The molecule has 7 aromatic rings. The van der Waals surface area contributed by atoms with E-state index in [1.807, 2.05) is 0 Å². The lowest BCUT2D eigenvalue weighted by molar-refractivity contribution is 0.332. The van der Waals surface area contributed by atoms with Gasteiger partial charge >= 0.3 is 0 Å². The van der Waals surface area contributed by atoms with Gasteiger partial charge in [-0.25, -0.2) is 0 Å². The van der Waals surface area contributed by atoms with Crippen molar-refractivity contribution >= 4 is 68.4 Å². The molecule has 0 spiro atoms. The number of fused-ring (bicyclic) bond motifs is 10. The van der Waals surface area contributed by atoms with Crippen LogP contribution in [0.15, 0.2) is 95.4 Å². The molecule has 4 heteroatoms. The van der Waals surface area contributed by atoms with Crippen LogP contribution in [0.2, 0.25) is 0 Å². The van der Waals surface area contributed by atoms with Gasteiger partial charge in [-0.1, -0.05) is 168 Å². The number of benzene rings is 6. The first-order valence-electron chi connectivity index (χ1n) is 30.6. The van der Waals surface area contributed by atoms with Crippen LogP contribution in [0.5, 0.6) is 0 Å². The number of nitrogens with zero attached hydrogens (tertiary/aromatic N) is 2. The first kappa shape index (κ1) is 52.9. The second kappa shape index (κ2) is 16.4. The van der Waals surface area contributed by atoms with Crippen molar-refractivity contribution in [1.29, 1.82) is 0 Å². The lowest BCUT2D eigenvalue weighted by atomic mass is 9.33. The second-order valence-corrected chi connectivity index (χ2v) is 32.5. The molecule has 0 fully saturated rings. The molecular formula is C75H91BN2O. The topological polar surface area (TPSA) is 19.6 Å². The summed E-state index contributed by atoms with van der Waals surface area (Å²) in [4.78, 5) is 5.33. The number of furan rings is 1. The van der Waals surface area contributed by atoms with Crippen molar-refractivity contribution in [2.24, 2.45) is 0 Å². The Labute approximate surface area is 476 Å². The summed E-state index contributed by atoms with van der Waals surface area (Å²) >= 11 is 0. The van der Waals surface area contributed by atoms with E-state index in [4.69, 9.17) is 4.42 Å².